The Morgan fingerprint density at radius 1 is 0.953 bits per heavy atom. The van der Waals surface area contributed by atoms with Gasteiger partial charge in [0.15, 0.2) is 0 Å². The predicted molar refractivity (Wildman–Crippen MR) is 165 cm³/mol. The van der Waals surface area contributed by atoms with E-state index in [2.05, 4.69) is 20.2 Å². The molecule has 2 N–H and O–H groups in total. The first kappa shape index (κ1) is 31.6. The zero-order valence-electron chi connectivity index (χ0n) is 25.2. The van der Waals surface area contributed by atoms with Crippen molar-refractivity contribution in [3.05, 3.63) is 84.3 Å². The van der Waals surface area contributed by atoms with Gasteiger partial charge in [0.1, 0.15) is 0 Å². The molecule has 1 aromatic heterocycles. The largest absolute Gasteiger partial charge is 0.339 e. The van der Waals surface area contributed by atoms with Crippen molar-refractivity contribution in [3.8, 4) is 22.5 Å². The third-order valence-electron chi connectivity index (χ3n) is 6.22. The summed E-state index contributed by atoms with van der Waals surface area (Å²) in [7, 11) is -3.78. The molecular weight excluding hydrogens is 566 g/mol. The Morgan fingerprint density at radius 3 is 2.28 bits per heavy atom. The van der Waals surface area contributed by atoms with Crippen LogP contribution in [-0.4, -0.2) is 47.4 Å². The lowest BCUT2D eigenvalue weighted by atomic mass is 10.1. The quantitative estimate of drug-likeness (QED) is 0.244. The molecule has 0 fully saturated rings. The molecule has 0 atom stereocenters. The molecule has 0 aliphatic rings. The fraction of sp³-hybridized carbons (Fsp3) is 0.312. The molecule has 4 rings (SSSR count). The minimum Gasteiger partial charge on any atom is -0.339 e. The molecular formula is C32H37N5O5S. The van der Waals surface area contributed by atoms with Gasteiger partial charge < -0.3 is 14.7 Å². The summed E-state index contributed by atoms with van der Waals surface area (Å²) in [6, 6.07) is 20.9. The number of hydrogen-bond acceptors (Lipinski definition) is 7. The van der Waals surface area contributed by atoms with Crippen LogP contribution >= 0.6 is 0 Å². The molecule has 2 amide bonds. The second kappa shape index (κ2) is 12.9. The molecule has 0 saturated carbocycles. The summed E-state index contributed by atoms with van der Waals surface area (Å²) >= 11 is 0. The van der Waals surface area contributed by atoms with Crippen molar-refractivity contribution in [2.45, 2.75) is 58.5 Å². The Kier molecular flexibility index (Phi) is 9.46. The van der Waals surface area contributed by atoms with Gasteiger partial charge in [-0.05, 0) is 62.1 Å². The average Bonchev–Trinajstić information content (AvgIpc) is 3.37. The number of nitrogens with zero attached hydrogens (tertiary/aromatic N) is 3. The van der Waals surface area contributed by atoms with Gasteiger partial charge in [-0.3, -0.25) is 9.59 Å². The van der Waals surface area contributed by atoms with Crippen LogP contribution in [0.25, 0.3) is 22.5 Å². The summed E-state index contributed by atoms with van der Waals surface area (Å²) in [4.78, 5) is 32.3. The van der Waals surface area contributed by atoms with Crippen LogP contribution in [0.3, 0.4) is 0 Å². The highest BCUT2D eigenvalue weighted by atomic mass is 32.2. The van der Waals surface area contributed by atoms with Gasteiger partial charge in [0.25, 0.3) is 0 Å². The fourth-order valence-corrected chi connectivity index (χ4v) is 6.21. The molecule has 0 spiro atoms. The van der Waals surface area contributed by atoms with Crippen molar-refractivity contribution in [2.24, 2.45) is 5.92 Å². The minimum absolute atomic E-state index is 0.128. The molecule has 0 aliphatic heterocycles. The number of sulfonamides is 1. The van der Waals surface area contributed by atoms with Crippen LogP contribution in [0.2, 0.25) is 0 Å². The first-order chi connectivity index (χ1) is 20.2. The smallest absolute Gasteiger partial charge is 0.313 e. The van der Waals surface area contributed by atoms with Crippen molar-refractivity contribution >= 4 is 27.5 Å². The van der Waals surface area contributed by atoms with E-state index in [1.807, 2.05) is 38.1 Å². The Bertz CT molecular complexity index is 1710. The van der Waals surface area contributed by atoms with E-state index in [9.17, 15) is 18.0 Å². The van der Waals surface area contributed by atoms with Crippen molar-refractivity contribution in [2.75, 3.05) is 11.9 Å². The number of carbonyl (C=O) groups excluding carboxylic acids is 2. The van der Waals surface area contributed by atoms with E-state index < -0.39 is 27.4 Å². The topological polar surface area (TPSA) is 134 Å². The minimum atomic E-state index is -3.78. The van der Waals surface area contributed by atoms with Crippen LogP contribution in [0.1, 0.15) is 46.1 Å². The standard InChI is InChI=1S/C32H37N5O5S/c1-21(2)19-37(20-23-10-9-11-25(18-23)29-33-22(3)42-35-29)31(39)30(38)34-26-16-14-24(15-17-26)27-12-7-8-13-28(27)43(40,41)36-32(4,5)6/h7-18,21,36H,19-20H2,1-6H3,(H,34,38). The maximum atomic E-state index is 13.3. The van der Waals surface area contributed by atoms with E-state index in [1.54, 1.807) is 76.2 Å². The van der Waals surface area contributed by atoms with E-state index in [1.165, 1.54) is 4.90 Å². The lowest BCUT2D eigenvalue weighted by molar-refractivity contribution is -0.143. The number of carbonyl (C=O) groups is 2. The van der Waals surface area contributed by atoms with Gasteiger partial charge in [0.2, 0.25) is 21.7 Å². The van der Waals surface area contributed by atoms with E-state index in [0.717, 1.165) is 11.1 Å². The number of amides is 2. The number of nitrogens with one attached hydrogen (secondary N) is 2. The second-order valence-electron chi connectivity index (χ2n) is 11.8. The summed E-state index contributed by atoms with van der Waals surface area (Å²) < 4.78 is 33.9. The molecule has 10 nitrogen and oxygen atoms in total. The van der Waals surface area contributed by atoms with E-state index in [0.29, 0.717) is 35.1 Å². The molecule has 11 heteroatoms. The third-order valence-corrected chi connectivity index (χ3v) is 8.04. The molecule has 0 bridgehead atoms. The second-order valence-corrected chi connectivity index (χ2v) is 13.5. The first-order valence-electron chi connectivity index (χ1n) is 13.9. The van der Waals surface area contributed by atoms with E-state index in [4.69, 9.17) is 4.52 Å². The molecule has 0 radical (unpaired) electrons. The average molecular weight is 604 g/mol. The summed E-state index contributed by atoms with van der Waals surface area (Å²) in [6.07, 6.45) is 0. The highest BCUT2D eigenvalue weighted by molar-refractivity contribution is 7.89. The summed E-state index contributed by atoms with van der Waals surface area (Å²) in [5, 5.41) is 6.64. The summed E-state index contributed by atoms with van der Waals surface area (Å²) in [6.45, 7) is 11.6. The van der Waals surface area contributed by atoms with Crippen molar-refractivity contribution < 1.29 is 22.5 Å². The van der Waals surface area contributed by atoms with Crippen molar-refractivity contribution in [1.29, 1.82) is 0 Å². The number of anilines is 1. The van der Waals surface area contributed by atoms with Gasteiger partial charge in [-0.1, -0.05) is 67.5 Å². The van der Waals surface area contributed by atoms with Crippen LogP contribution in [0.4, 0.5) is 5.69 Å². The zero-order valence-corrected chi connectivity index (χ0v) is 26.0. The Morgan fingerprint density at radius 2 is 1.65 bits per heavy atom. The van der Waals surface area contributed by atoms with Gasteiger partial charge in [-0.15, -0.1) is 0 Å². The molecule has 0 saturated heterocycles. The first-order valence-corrected chi connectivity index (χ1v) is 15.4. The highest BCUT2D eigenvalue weighted by Crippen LogP contribution is 2.29. The zero-order chi connectivity index (χ0) is 31.4. The van der Waals surface area contributed by atoms with Gasteiger partial charge in [0.05, 0.1) is 4.90 Å². The Hall–Kier alpha value is -4.35. The Balaban J connectivity index is 1.50. The van der Waals surface area contributed by atoms with Crippen molar-refractivity contribution in [3.63, 3.8) is 0 Å². The maximum absolute atomic E-state index is 13.3. The van der Waals surface area contributed by atoms with Crippen LogP contribution in [0.15, 0.2) is 82.2 Å². The van der Waals surface area contributed by atoms with Crippen LogP contribution in [-0.2, 0) is 26.2 Å². The molecule has 4 aromatic rings. The van der Waals surface area contributed by atoms with Crippen molar-refractivity contribution in [1.82, 2.24) is 19.8 Å². The molecule has 0 aliphatic carbocycles. The third kappa shape index (κ3) is 8.36. The Labute approximate surface area is 252 Å². The van der Waals surface area contributed by atoms with E-state index >= 15 is 0 Å². The lowest BCUT2D eigenvalue weighted by Gasteiger charge is -2.24. The lowest BCUT2D eigenvalue weighted by Crippen LogP contribution is -2.41. The number of aromatic nitrogens is 2. The predicted octanol–water partition coefficient (Wildman–Crippen LogP) is 5.41. The molecule has 1 heterocycles. The van der Waals surface area contributed by atoms with Gasteiger partial charge in [-0.2, -0.15) is 4.98 Å². The van der Waals surface area contributed by atoms with Crippen LogP contribution in [0, 0.1) is 12.8 Å². The van der Waals surface area contributed by atoms with Crippen LogP contribution < -0.4 is 10.0 Å². The molecule has 43 heavy (non-hydrogen) atoms. The van der Waals surface area contributed by atoms with Gasteiger partial charge >= 0.3 is 11.8 Å². The molecule has 0 unspecified atom stereocenters. The van der Waals surface area contributed by atoms with E-state index in [-0.39, 0.29) is 17.4 Å². The van der Waals surface area contributed by atoms with Crippen LogP contribution in [0.5, 0.6) is 0 Å². The summed E-state index contributed by atoms with van der Waals surface area (Å²) in [5.41, 5.74) is 2.51. The molecule has 3 aromatic carbocycles. The monoisotopic (exact) mass is 603 g/mol. The maximum Gasteiger partial charge on any atom is 0.313 e. The molecule has 226 valence electrons. The summed E-state index contributed by atoms with van der Waals surface area (Å²) in [5.74, 6) is -0.399. The van der Waals surface area contributed by atoms with Gasteiger partial charge in [-0.25, -0.2) is 13.1 Å². The normalized spacial score (nSPS) is 11.9. The fourth-order valence-electron chi connectivity index (χ4n) is 4.56. The number of hydrogen-bond donors (Lipinski definition) is 2. The number of aryl methyl sites for hydroxylation is 1. The number of benzene rings is 3. The number of rotatable bonds is 9. The van der Waals surface area contributed by atoms with Gasteiger partial charge in [0, 0.05) is 42.4 Å². The highest BCUT2D eigenvalue weighted by Gasteiger charge is 2.26. The SMILES string of the molecule is Cc1nc(-c2cccc(CN(CC(C)C)C(=O)C(=O)Nc3ccc(-c4ccccc4S(=O)(=O)NC(C)(C)C)cc3)c2)no1.